The zero-order valence-corrected chi connectivity index (χ0v) is 12.5. The topological polar surface area (TPSA) is 18.5 Å². The Balaban J connectivity index is 2.76. The van der Waals surface area contributed by atoms with Crippen molar-refractivity contribution in [2.75, 3.05) is 6.61 Å². The van der Waals surface area contributed by atoms with E-state index < -0.39 is 0 Å². The molecule has 0 amide bonds. The van der Waals surface area contributed by atoms with Crippen molar-refractivity contribution in [2.24, 2.45) is 5.92 Å². The molecule has 0 saturated carbocycles. The lowest BCUT2D eigenvalue weighted by Gasteiger charge is -2.34. The van der Waals surface area contributed by atoms with Crippen LogP contribution in [0.2, 0.25) is 0 Å². The van der Waals surface area contributed by atoms with Gasteiger partial charge in [-0.1, -0.05) is 51.1 Å². The van der Waals surface area contributed by atoms with Gasteiger partial charge in [0.1, 0.15) is 0 Å². The molecule has 0 bridgehead atoms. The van der Waals surface area contributed by atoms with Crippen molar-refractivity contribution in [1.29, 1.82) is 0 Å². The van der Waals surface area contributed by atoms with Crippen LogP contribution in [0.15, 0.2) is 30.3 Å². The van der Waals surface area contributed by atoms with E-state index in [1.54, 1.807) is 0 Å². The van der Waals surface area contributed by atoms with E-state index in [2.05, 4.69) is 45.0 Å². The minimum absolute atomic E-state index is 0.0352. The molecule has 0 spiro atoms. The Bertz CT molecular complexity index is 351. The highest BCUT2D eigenvalue weighted by Gasteiger charge is 2.31. The Morgan fingerprint density at radius 2 is 1.56 bits per heavy atom. The molecule has 0 aliphatic heterocycles. The van der Waals surface area contributed by atoms with Gasteiger partial charge >= 0.3 is 0 Å². The van der Waals surface area contributed by atoms with Crippen LogP contribution in [-0.2, 0) is 15.2 Å². The highest BCUT2D eigenvalue weighted by atomic mass is 17.2. The van der Waals surface area contributed by atoms with E-state index in [0.717, 1.165) is 0 Å². The molecule has 2 heteroatoms. The van der Waals surface area contributed by atoms with Crippen LogP contribution in [0.3, 0.4) is 0 Å². The molecule has 2 nitrogen and oxygen atoms in total. The monoisotopic (exact) mass is 250 g/mol. The molecule has 0 aliphatic carbocycles. The molecule has 102 valence electrons. The first-order valence-electron chi connectivity index (χ1n) is 6.62. The average molecular weight is 250 g/mol. The minimum atomic E-state index is -0.269. The molecule has 0 aromatic heterocycles. The number of hydrogen-bond acceptors (Lipinski definition) is 2. The van der Waals surface area contributed by atoms with E-state index in [0.29, 0.717) is 12.5 Å². The minimum Gasteiger partial charge on any atom is -0.235 e. The van der Waals surface area contributed by atoms with E-state index in [-0.39, 0.29) is 11.0 Å². The van der Waals surface area contributed by atoms with Crippen LogP contribution in [0.5, 0.6) is 0 Å². The van der Waals surface area contributed by atoms with Gasteiger partial charge in [0.05, 0.1) is 12.2 Å². The molecule has 0 heterocycles. The van der Waals surface area contributed by atoms with Crippen LogP contribution >= 0.6 is 0 Å². The van der Waals surface area contributed by atoms with Gasteiger partial charge in [0.25, 0.3) is 0 Å². The molecule has 0 aliphatic rings. The van der Waals surface area contributed by atoms with Crippen LogP contribution in [-0.4, -0.2) is 12.2 Å². The molecule has 0 N–H and O–H groups in total. The molecule has 1 aromatic carbocycles. The summed E-state index contributed by atoms with van der Waals surface area (Å²) in [5.74, 6) is 0.475. The SMILES string of the molecule is CC(C)C(C)(COOC(C)(C)C)c1ccccc1. The first kappa shape index (κ1) is 15.2. The van der Waals surface area contributed by atoms with E-state index in [9.17, 15) is 0 Å². The maximum Gasteiger partial charge on any atom is 0.0952 e. The zero-order chi connectivity index (χ0) is 13.8. The standard InChI is InChI=1S/C16H26O2/c1-13(2)16(6,12-17-18-15(3,4)5)14-10-8-7-9-11-14/h7-11,13H,12H2,1-6H3. The predicted molar refractivity (Wildman–Crippen MR) is 75.4 cm³/mol. The van der Waals surface area contributed by atoms with E-state index in [1.807, 2.05) is 26.8 Å². The first-order valence-corrected chi connectivity index (χ1v) is 6.62. The maximum atomic E-state index is 5.48. The molecule has 0 saturated heterocycles. The molecule has 1 unspecified atom stereocenters. The Hall–Kier alpha value is -0.860. The highest BCUT2D eigenvalue weighted by molar-refractivity contribution is 5.25. The number of benzene rings is 1. The average Bonchev–Trinajstić information content (AvgIpc) is 2.28. The predicted octanol–water partition coefficient (Wildman–Crippen LogP) is 4.35. The summed E-state index contributed by atoms with van der Waals surface area (Å²) in [6.45, 7) is 13.2. The third-order valence-corrected chi connectivity index (χ3v) is 3.38. The number of rotatable bonds is 5. The van der Waals surface area contributed by atoms with Gasteiger partial charge in [-0.3, -0.25) is 0 Å². The van der Waals surface area contributed by atoms with Gasteiger partial charge < -0.3 is 0 Å². The summed E-state index contributed by atoms with van der Waals surface area (Å²) in [5, 5.41) is 0. The molecule has 1 aromatic rings. The smallest absolute Gasteiger partial charge is 0.0952 e. The third kappa shape index (κ3) is 4.11. The van der Waals surface area contributed by atoms with Crippen molar-refractivity contribution in [3.05, 3.63) is 35.9 Å². The molecule has 1 rings (SSSR count). The molecular weight excluding hydrogens is 224 g/mol. The van der Waals surface area contributed by atoms with Crippen molar-refractivity contribution < 1.29 is 9.78 Å². The maximum absolute atomic E-state index is 5.48. The summed E-state index contributed by atoms with van der Waals surface area (Å²) in [6.07, 6.45) is 0. The fourth-order valence-corrected chi connectivity index (χ4v) is 1.73. The van der Waals surface area contributed by atoms with E-state index >= 15 is 0 Å². The fraction of sp³-hybridized carbons (Fsp3) is 0.625. The summed E-state index contributed by atoms with van der Waals surface area (Å²) in [4.78, 5) is 10.9. The largest absolute Gasteiger partial charge is 0.235 e. The molecular formula is C16H26O2. The highest BCUT2D eigenvalue weighted by Crippen LogP contribution is 2.32. The summed E-state index contributed by atoms with van der Waals surface area (Å²) in [5.41, 5.74) is 0.985. The van der Waals surface area contributed by atoms with Crippen LogP contribution in [0, 0.1) is 5.92 Å². The summed E-state index contributed by atoms with van der Waals surface area (Å²) in [6, 6.07) is 10.5. The summed E-state index contributed by atoms with van der Waals surface area (Å²) in [7, 11) is 0. The molecule has 0 radical (unpaired) electrons. The van der Waals surface area contributed by atoms with Crippen molar-refractivity contribution in [3.63, 3.8) is 0 Å². The second-order valence-corrected chi connectivity index (χ2v) is 6.40. The Kier molecular flexibility index (Phi) is 4.94. The second kappa shape index (κ2) is 5.85. The summed E-state index contributed by atoms with van der Waals surface area (Å²) < 4.78 is 0. The lowest BCUT2D eigenvalue weighted by molar-refractivity contribution is -0.356. The van der Waals surface area contributed by atoms with Crippen LogP contribution in [0.25, 0.3) is 0 Å². The van der Waals surface area contributed by atoms with Gasteiger partial charge in [0.2, 0.25) is 0 Å². The van der Waals surface area contributed by atoms with E-state index in [1.165, 1.54) is 5.56 Å². The molecule has 18 heavy (non-hydrogen) atoms. The normalized spacial score (nSPS) is 15.7. The van der Waals surface area contributed by atoms with Gasteiger partial charge in [-0.15, -0.1) is 0 Å². The fourth-order valence-electron chi connectivity index (χ4n) is 1.73. The van der Waals surface area contributed by atoms with Crippen molar-refractivity contribution in [3.8, 4) is 0 Å². The zero-order valence-electron chi connectivity index (χ0n) is 12.5. The number of hydrogen-bond donors (Lipinski definition) is 0. The third-order valence-electron chi connectivity index (χ3n) is 3.38. The van der Waals surface area contributed by atoms with Crippen LogP contribution in [0.1, 0.15) is 47.1 Å². The van der Waals surface area contributed by atoms with Gasteiger partial charge in [-0.05, 0) is 32.3 Å². The Labute approximate surface area is 111 Å². The van der Waals surface area contributed by atoms with Crippen LogP contribution in [0.4, 0.5) is 0 Å². The van der Waals surface area contributed by atoms with Crippen molar-refractivity contribution >= 4 is 0 Å². The van der Waals surface area contributed by atoms with Crippen molar-refractivity contribution in [1.82, 2.24) is 0 Å². The van der Waals surface area contributed by atoms with Gasteiger partial charge in [0, 0.05) is 5.41 Å². The Morgan fingerprint density at radius 3 is 2.00 bits per heavy atom. The van der Waals surface area contributed by atoms with Gasteiger partial charge in [0.15, 0.2) is 0 Å². The summed E-state index contributed by atoms with van der Waals surface area (Å²) >= 11 is 0. The molecule has 1 atom stereocenters. The molecule has 0 fully saturated rings. The lowest BCUT2D eigenvalue weighted by atomic mass is 9.74. The van der Waals surface area contributed by atoms with E-state index in [4.69, 9.17) is 9.78 Å². The van der Waals surface area contributed by atoms with Crippen LogP contribution < -0.4 is 0 Å². The Morgan fingerprint density at radius 1 is 1.00 bits per heavy atom. The quantitative estimate of drug-likeness (QED) is 0.571. The lowest BCUT2D eigenvalue weighted by Crippen LogP contribution is -2.35. The van der Waals surface area contributed by atoms with Gasteiger partial charge in [-0.2, -0.15) is 0 Å². The first-order chi connectivity index (χ1) is 8.26. The van der Waals surface area contributed by atoms with Crippen molar-refractivity contribution in [2.45, 2.75) is 52.6 Å². The second-order valence-electron chi connectivity index (χ2n) is 6.40. The van der Waals surface area contributed by atoms with Gasteiger partial charge in [-0.25, -0.2) is 9.78 Å².